The Labute approximate surface area is 289 Å². The average Bonchev–Trinajstić information content (AvgIpc) is 2.89. The normalized spacial score (nSPS) is 20.1. The first-order valence-corrected chi connectivity index (χ1v) is 20.0. The largest absolute Gasteiger partial charge is 3.00 e. The van der Waals surface area contributed by atoms with Crippen LogP contribution >= 0.6 is 22.8 Å². The SMILES string of the molecule is CCCCOP(=O)([O-])CN1CCN(CP(=O)([O-])OCCCC)Cc2cccc(n2)CN(CP(=O)([O-])OCCCC)CC1.[Sm+3]. The molecule has 0 N–H and O–H groups in total. The van der Waals surface area contributed by atoms with Crippen molar-refractivity contribution >= 4 is 22.8 Å². The summed E-state index contributed by atoms with van der Waals surface area (Å²) >= 11 is 0. The van der Waals surface area contributed by atoms with Crippen LogP contribution < -0.4 is 14.7 Å². The number of fused-ring (bicyclic) bond motifs is 2. The second-order valence-corrected chi connectivity index (χ2v) is 15.9. The maximum Gasteiger partial charge on any atom is 3.00 e. The zero-order valence-corrected chi connectivity index (χ0v) is 31.0. The number of pyridine rings is 1. The Morgan fingerprint density at radius 3 is 1.33 bits per heavy atom. The molecular formula is C26H48N4O9P3Sm. The minimum absolute atomic E-state index is 0. The Balaban J connectivity index is 0.00000924. The van der Waals surface area contributed by atoms with Crippen molar-refractivity contribution < 1.29 is 82.3 Å². The van der Waals surface area contributed by atoms with Crippen molar-refractivity contribution in [1.29, 1.82) is 0 Å². The van der Waals surface area contributed by atoms with Crippen molar-refractivity contribution in [2.45, 2.75) is 72.4 Å². The Kier molecular flexibility index (Phi) is 21.1. The summed E-state index contributed by atoms with van der Waals surface area (Å²) in [6.07, 6.45) is 3.15. The van der Waals surface area contributed by atoms with E-state index in [2.05, 4.69) is 4.98 Å². The first kappa shape index (κ1) is 41.8. The van der Waals surface area contributed by atoms with E-state index in [1.54, 1.807) is 32.9 Å². The molecule has 1 aromatic rings. The van der Waals surface area contributed by atoms with Gasteiger partial charge in [0.1, 0.15) is 22.8 Å². The number of hydrogen-bond donors (Lipinski definition) is 0. The van der Waals surface area contributed by atoms with Gasteiger partial charge in [0.25, 0.3) is 0 Å². The quantitative estimate of drug-likeness (QED) is 0.157. The summed E-state index contributed by atoms with van der Waals surface area (Å²) in [4.78, 5) is 48.0. The van der Waals surface area contributed by atoms with E-state index in [-0.39, 0.29) is 118 Å². The van der Waals surface area contributed by atoms with Crippen LogP contribution in [0.25, 0.3) is 0 Å². The summed E-state index contributed by atoms with van der Waals surface area (Å²) in [5.74, 6) is 0. The molecule has 247 valence electrons. The van der Waals surface area contributed by atoms with E-state index in [1.165, 1.54) is 0 Å². The molecule has 1 radical (unpaired) electrons. The second-order valence-electron chi connectivity index (χ2n) is 10.7. The topological polar surface area (TPSA) is 171 Å². The summed E-state index contributed by atoms with van der Waals surface area (Å²) in [6.45, 7) is 7.34. The van der Waals surface area contributed by atoms with Crippen LogP contribution in [0.5, 0.6) is 0 Å². The van der Waals surface area contributed by atoms with E-state index >= 15 is 0 Å². The predicted molar refractivity (Wildman–Crippen MR) is 157 cm³/mol. The molecule has 43 heavy (non-hydrogen) atoms. The standard InChI is InChI=1S/C26H51N4O9P3.Sm/c1-4-7-17-37-40(31,32)22-28-13-15-29(23-41(33,34)38-18-8-5-2)20-25-11-10-12-26(27-25)21-30(16-14-28)24-42(35,36)39-19-9-6-3;/h10-12H,4-9,13-24H2,1-3H3,(H,31,32)(H,33,34)(H,35,36);/q;+3/p-3. The van der Waals surface area contributed by atoms with Crippen LogP contribution in [0.2, 0.25) is 0 Å². The van der Waals surface area contributed by atoms with Crippen molar-refractivity contribution in [3.05, 3.63) is 29.6 Å². The van der Waals surface area contributed by atoms with E-state index in [0.717, 1.165) is 19.3 Å². The third-order valence-corrected chi connectivity index (χ3v) is 10.5. The molecule has 2 bridgehead atoms. The van der Waals surface area contributed by atoms with Gasteiger partial charge >= 0.3 is 40.4 Å². The van der Waals surface area contributed by atoms with Crippen LogP contribution in [-0.4, -0.2) is 84.5 Å². The number of hydrogen-bond acceptors (Lipinski definition) is 13. The molecule has 0 spiro atoms. The van der Waals surface area contributed by atoms with Crippen LogP contribution in [-0.2, 0) is 40.4 Å². The number of rotatable bonds is 18. The van der Waals surface area contributed by atoms with Gasteiger partial charge in [-0.3, -0.25) is 19.7 Å². The predicted octanol–water partition coefficient (Wildman–Crippen LogP) is 2.98. The molecule has 1 aliphatic rings. The van der Waals surface area contributed by atoms with Crippen molar-refractivity contribution in [2.24, 2.45) is 0 Å². The van der Waals surface area contributed by atoms with Gasteiger partial charge in [-0.2, -0.15) is 0 Å². The van der Waals surface area contributed by atoms with Crippen LogP contribution in [0.3, 0.4) is 0 Å². The van der Waals surface area contributed by atoms with Crippen molar-refractivity contribution in [3.63, 3.8) is 0 Å². The Hall–Kier alpha value is 0.818. The summed E-state index contributed by atoms with van der Waals surface area (Å²) in [7, 11) is -12.6. The van der Waals surface area contributed by atoms with Crippen molar-refractivity contribution in [3.8, 4) is 0 Å². The maximum atomic E-state index is 12.8. The first-order valence-electron chi connectivity index (χ1n) is 14.8. The van der Waals surface area contributed by atoms with Gasteiger partial charge in [-0.15, -0.1) is 0 Å². The fourth-order valence-corrected chi connectivity index (χ4v) is 7.99. The molecule has 3 unspecified atom stereocenters. The van der Waals surface area contributed by atoms with Crippen LogP contribution in [0.4, 0.5) is 0 Å². The van der Waals surface area contributed by atoms with Gasteiger partial charge in [-0.1, -0.05) is 46.1 Å². The molecule has 0 amide bonds. The third kappa shape index (κ3) is 18.7. The molecule has 0 fully saturated rings. The monoisotopic (exact) mass is 805 g/mol. The van der Waals surface area contributed by atoms with Gasteiger partial charge in [0.15, 0.2) is 0 Å². The minimum atomic E-state index is -4.24. The molecule has 0 aromatic carbocycles. The fraction of sp³-hybridized carbons (Fsp3) is 0.808. The van der Waals surface area contributed by atoms with Crippen LogP contribution in [0, 0.1) is 40.4 Å². The average molecular weight is 804 g/mol. The molecule has 17 heteroatoms. The Morgan fingerprint density at radius 1 is 0.651 bits per heavy atom. The Bertz CT molecular complexity index is 1010. The molecule has 0 aliphatic carbocycles. The van der Waals surface area contributed by atoms with E-state index < -0.39 is 22.8 Å². The van der Waals surface area contributed by atoms with E-state index in [4.69, 9.17) is 13.6 Å². The van der Waals surface area contributed by atoms with Crippen LogP contribution in [0.15, 0.2) is 18.2 Å². The fourth-order valence-electron chi connectivity index (χ4n) is 4.28. The van der Waals surface area contributed by atoms with E-state index in [9.17, 15) is 28.4 Å². The van der Waals surface area contributed by atoms with E-state index in [1.807, 2.05) is 20.8 Å². The number of unbranched alkanes of at least 4 members (excludes halogenated alkanes) is 3. The number of aromatic nitrogens is 1. The summed E-state index contributed by atoms with van der Waals surface area (Å²) in [5, 5.41) is 0. The molecule has 0 saturated carbocycles. The summed E-state index contributed by atoms with van der Waals surface area (Å²) < 4.78 is 53.9. The zero-order valence-electron chi connectivity index (χ0n) is 25.7. The molecule has 1 aliphatic heterocycles. The van der Waals surface area contributed by atoms with Gasteiger partial charge in [0.2, 0.25) is 0 Å². The molecule has 0 saturated heterocycles. The van der Waals surface area contributed by atoms with Gasteiger partial charge in [-0.25, -0.2) is 0 Å². The summed E-state index contributed by atoms with van der Waals surface area (Å²) in [5.41, 5.74) is 1.21. The van der Waals surface area contributed by atoms with Gasteiger partial charge in [0, 0.05) is 39.3 Å². The van der Waals surface area contributed by atoms with Gasteiger partial charge < -0.3 is 41.9 Å². The molecule has 13 nitrogen and oxygen atoms in total. The van der Waals surface area contributed by atoms with Crippen molar-refractivity contribution in [1.82, 2.24) is 19.7 Å². The Morgan fingerprint density at radius 2 is 0.977 bits per heavy atom. The molecule has 2 heterocycles. The van der Waals surface area contributed by atoms with Crippen molar-refractivity contribution in [2.75, 3.05) is 64.9 Å². The van der Waals surface area contributed by atoms with Gasteiger partial charge in [0.05, 0.1) is 50.1 Å². The van der Waals surface area contributed by atoms with Crippen LogP contribution in [0.1, 0.15) is 70.7 Å². The van der Waals surface area contributed by atoms with Gasteiger partial charge in [-0.05, 0) is 31.4 Å². The smallest absolute Gasteiger partial charge is 0.778 e. The summed E-state index contributed by atoms with van der Waals surface area (Å²) in [6, 6.07) is 5.35. The maximum absolute atomic E-state index is 12.8. The zero-order chi connectivity index (χ0) is 31.1. The second kappa shape index (κ2) is 21.6. The third-order valence-electron chi connectivity index (χ3n) is 6.58. The molecule has 3 atom stereocenters. The number of nitrogens with zero attached hydrogens (tertiary/aromatic N) is 4. The van der Waals surface area contributed by atoms with E-state index in [0.29, 0.717) is 30.7 Å². The molecule has 1 aromatic heterocycles. The molecular weight excluding hydrogens is 756 g/mol. The minimum Gasteiger partial charge on any atom is -0.778 e. The first-order chi connectivity index (χ1) is 19.9. The molecule has 2 rings (SSSR count).